The van der Waals surface area contributed by atoms with Crippen molar-refractivity contribution in [2.24, 2.45) is 0 Å². The summed E-state index contributed by atoms with van der Waals surface area (Å²) in [6, 6.07) is 7.46. The van der Waals surface area contributed by atoms with E-state index in [0.29, 0.717) is 5.76 Å². The molecule has 1 aliphatic heterocycles. The summed E-state index contributed by atoms with van der Waals surface area (Å²) in [7, 11) is 0. The summed E-state index contributed by atoms with van der Waals surface area (Å²) in [6.45, 7) is 3.29. The van der Waals surface area contributed by atoms with Crippen molar-refractivity contribution in [2.45, 2.75) is 6.54 Å². The van der Waals surface area contributed by atoms with Crippen LogP contribution in [0.5, 0.6) is 0 Å². The van der Waals surface area contributed by atoms with E-state index in [2.05, 4.69) is 11.9 Å². The van der Waals surface area contributed by atoms with Crippen molar-refractivity contribution in [3.05, 3.63) is 71.7 Å². The molecule has 0 saturated heterocycles. The molecule has 138 valence electrons. The van der Waals surface area contributed by atoms with Gasteiger partial charge in [-0.2, -0.15) is 0 Å². The standard InChI is InChI=1S/C19H16N2O6/c1-2-7-21-17(23)14-6-5-12(9-15(14)18(21)24)19(25)27-11-16(22)20-10-13-4-3-8-26-13/h2-6,8-9H,1,7,10-11H2,(H,20,22). The Bertz CT molecular complexity index is 916. The number of fused-ring (bicyclic) bond motifs is 1. The highest BCUT2D eigenvalue weighted by Crippen LogP contribution is 2.24. The average Bonchev–Trinajstić information content (AvgIpc) is 3.27. The normalized spacial score (nSPS) is 12.7. The van der Waals surface area contributed by atoms with Crippen molar-refractivity contribution >= 4 is 23.7 Å². The number of amides is 3. The SMILES string of the molecule is C=CCN1C(=O)c2ccc(C(=O)OCC(=O)NCc3ccco3)cc2C1=O. The van der Waals surface area contributed by atoms with Gasteiger partial charge >= 0.3 is 5.97 Å². The molecule has 1 aromatic carbocycles. The van der Waals surface area contributed by atoms with E-state index in [4.69, 9.17) is 9.15 Å². The maximum absolute atomic E-state index is 12.3. The second kappa shape index (κ2) is 7.69. The third-order valence-electron chi connectivity index (χ3n) is 3.89. The molecule has 2 heterocycles. The molecule has 0 spiro atoms. The molecule has 0 bridgehead atoms. The van der Waals surface area contributed by atoms with Crippen molar-refractivity contribution in [3.8, 4) is 0 Å². The molecule has 0 unspecified atom stereocenters. The first-order chi connectivity index (χ1) is 13.0. The number of carbonyl (C=O) groups is 4. The van der Waals surface area contributed by atoms with Gasteiger partial charge in [0.15, 0.2) is 6.61 Å². The van der Waals surface area contributed by atoms with Crippen LogP contribution in [0.1, 0.15) is 36.8 Å². The number of hydrogen-bond donors (Lipinski definition) is 1. The van der Waals surface area contributed by atoms with Gasteiger partial charge in [0, 0.05) is 6.54 Å². The van der Waals surface area contributed by atoms with Crippen molar-refractivity contribution < 1.29 is 28.3 Å². The molecule has 8 nitrogen and oxygen atoms in total. The lowest BCUT2D eigenvalue weighted by Crippen LogP contribution is -2.29. The molecule has 0 saturated carbocycles. The molecular weight excluding hydrogens is 352 g/mol. The van der Waals surface area contributed by atoms with Gasteiger partial charge in [0.2, 0.25) is 0 Å². The lowest BCUT2D eigenvalue weighted by Gasteiger charge is -2.09. The maximum Gasteiger partial charge on any atom is 0.338 e. The number of esters is 1. The Morgan fingerprint density at radius 3 is 2.67 bits per heavy atom. The highest BCUT2D eigenvalue weighted by atomic mass is 16.5. The third kappa shape index (κ3) is 3.79. The van der Waals surface area contributed by atoms with Crippen LogP contribution in [-0.4, -0.2) is 41.7 Å². The molecule has 1 N–H and O–H groups in total. The van der Waals surface area contributed by atoms with Gasteiger partial charge in [0.25, 0.3) is 17.7 Å². The Hall–Kier alpha value is -3.68. The number of hydrogen-bond acceptors (Lipinski definition) is 6. The van der Waals surface area contributed by atoms with Crippen molar-refractivity contribution in [2.75, 3.05) is 13.2 Å². The number of nitrogens with one attached hydrogen (secondary N) is 1. The number of rotatable bonds is 7. The summed E-state index contributed by atoms with van der Waals surface area (Å²) >= 11 is 0. The highest BCUT2D eigenvalue weighted by molar-refractivity contribution is 6.22. The second-order valence-electron chi connectivity index (χ2n) is 5.70. The van der Waals surface area contributed by atoms with Crippen LogP contribution in [0.2, 0.25) is 0 Å². The zero-order valence-corrected chi connectivity index (χ0v) is 14.3. The smallest absolute Gasteiger partial charge is 0.338 e. The molecule has 8 heteroatoms. The van der Waals surface area contributed by atoms with E-state index in [1.807, 2.05) is 0 Å². The first-order valence-electron chi connectivity index (χ1n) is 8.08. The van der Waals surface area contributed by atoms with Gasteiger partial charge in [-0.15, -0.1) is 6.58 Å². The molecular formula is C19H16N2O6. The Labute approximate surface area is 154 Å². The van der Waals surface area contributed by atoms with E-state index in [1.54, 1.807) is 12.1 Å². The molecule has 3 amide bonds. The number of benzene rings is 1. The van der Waals surface area contributed by atoms with Gasteiger partial charge in [0.1, 0.15) is 5.76 Å². The predicted octanol–water partition coefficient (Wildman–Crippen LogP) is 1.53. The molecule has 2 aromatic rings. The van der Waals surface area contributed by atoms with Gasteiger partial charge in [-0.25, -0.2) is 4.79 Å². The fourth-order valence-corrected chi connectivity index (χ4v) is 2.58. The fraction of sp³-hybridized carbons (Fsp3) is 0.158. The summed E-state index contributed by atoms with van der Waals surface area (Å²) in [5.41, 5.74) is 0.419. The van der Waals surface area contributed by atoms with Gasteiger partial charge < -0.3 is 14.5 Å². The van der Waals surface area contributed by atoms with Crippen molar-refractivity contribution in [1.29, 1.82) is 0 Å². The Balaban J connectivity index is 1.60. The lowest BCUT2D eigenvalue weighted by atomic mass is 10.1. The summed E-state index contributed by atoms with van der Waals surface area (Å²) in [4.78, 5) is 49.3. The zero-order chi connectivity index (χ0) is 19.4. The van der Waals surface area contributed by atoms with Gasteiger partial charge in [-0.05, 0) is 30.3 Å². The minimum absolute atomic E-state index is 0.0780. The van der Waals surface area contributed by atoms with Gasteiger partial charge in [0.05, 0.1) is 29.5 Å². The Kier molecular flexibility index (Phi) is 5.16. The summed E-state index contributed by atoms with van der Waals surface area (Å²) < 4.78 is 10.0. The van der Waals surface area contributed by atoms with Gasteiger partial charge in [-0.1, -0.05) is 6.08 Å². The zero-order valence-electron chi connectivity index (χ0n) is 14.3. The number of carbonyl (C=O) groups excluding carboxylic acids is 4. The molecule has 0 radical (unpaired) electrons. The number of ether oxygens (including phenoxy) is 1. The average molecular weight is 368 g/mol. The summed E-state index contributed by atoms with van der Waals surface area (Å²) in [5, 5.41) is 2.54. The monoisotopic (exact) mass is 368 g/mol. The summed E-state index contributed by atoms with van der Waals surface area (Å²) in [5.74, 6) is -1.63. The van der Waals surface area contributed by atoms with E-state index < -0.39 is 30.3 Å². The quantitative estimate of drug-likeness (QED) is 0.451. The van der Waals surface area contributed by atoms with Crippen LogP contribution < -0.4 is 5.32 Å². The van der Waals surface area contributed by atoms with Crippen molar-refractivity contribution in [1.82, 2.24) is 10.2 Å². The van der Waals surface area contributed by atoms with Crippen molar-refractivity contribution in [3.63, 3.8) is 0 Å². The molecule has 27 heavy (non-hydrogen) atoms. The third-order valence-corrected chi connectivity index (χ3v) is 3.89. The first-order valence-corrected chi connectivity index (χ1v) is 8.08. The van der Waals surface area contributed by atoms with Crippen LogP contribution in [0, 0.1) is 0 Å². The minimum atomic E-state index is -0.770. The minimum Gasteiger partial charge on any atom is -0.467 e. The molecule has 0 atom stereocenters. The lowest BCUT2D eigenvalue weighted by molar-refractivity contribution is -0.124. The Morgan fingerprint density at radius 1 is 1.19 bits per heavy atom. The predicted molar refractivity (Wildman–Crippen MR) is 92.8 cm³/mol. The largest absolute Gasteiger partial charge is 0.467 e. The Morgan fingerprint density at radius 2 is 1.96 bits per heavy atom. The van der Waals surface area contributed by atoms with Crippen LogP contribution in [0.15, 0.2) is 53.7 Å². The van der Waals surface area contributed by atoms with Crippen LogP contribution >= 0.6 is 0 Å². The molecule has 0 aliphatic carbocycles. The van der Waals surface area contributed by atoms with Crippen LogP contribution in [0.3, 0.4) is 0 Å². The van der Waals surface area contributed by atoms with E-state index >= 15 is 0 Å². The molecule has 3 rings (SSSR count). The molecule has 0 fully saturated rings. The van der Waals surface area contributed by atoms with Gasteiger partial charge in [-0.3, -0.25) is 19.3 Å². The maximum atomic E-state index is 12.3. The fourth-order valence-electron chi connectivity index (χ4n) is 2.58. The van der Waals surface area contributed by atoms with E-state index in [0.717, 1.165) is 4.90 Å². The van der Waals surface area contributed by atoms with E-state index in [9.17, 15) is 19.2 Å². The van der Waals surface area contributed by atoms with E-state index in [1.165, 1.54) is 30.5 Å². The topological polar surface area (TPSA) is 106 Å². The van der Waals surface area contributed by atoms with Crippen LogP contribution in [0.25, 0.3) is 0 Å². The van der Waals surface area contributed by atoms with E-state index in [-0.39, 0.29) is 29.8 Å². The number of nitrogens with zero attached hydrogens (tertiary/aromatic N) is 1. The first kappa shape index (κ1) is 18.1. The van der Waals surface area contributed by atoms with Crippen LogP contribution in [0.4, 0.5) is 0 Å². The number of furan rings is 1. The highest BCUT2D eigenvalue weighted by Gasteiger charge is 2.35. The molecule has 1 aliphatic rings. The number of imide groups is 1. The van der Waals surface area contributed by atoms with Crippen LogP contribution in [-0.2, 0) is 16.1 Å². The second-order valence-corrected chi connectivity index (χ2v) is 5.70. The molecule has 1 aromatic heterocycles. The summed E-state index contributed by atoms with van der Waals surface area (Å²) in [6.07, 6.45) is 2.93.